The van der Waals surface area contributed by atoms with Gasteiger partial charge in [-0.05, 0) is 51.9 Å². The number of hydrogen-bond acceptors (Lipinski definition) is 2. The Morgan fingerprint density at radius 3 is 1.52 bits per heavy atom. The van der Waals surface area contributed by atoms with Crippen LogP contribution in [0.4, 0.5) is 0 Å². The maximum Gasteiger partial charge on any atom is 0.162 e. The molecule has 4 heteroatoms. The third-order valence-corrected chi connectivity index (χ3v) is 11.7. The maximum absolute atomic E-state index is 5.41. The van der Waals surface area contributed by atoms with E-state index >= 15 is 0 Å². The number of benzene rings is 8. The van der Waals surface area contributed by atoms with Crippen LogP contribution < -0.4 is 0 Å². The van der Waals surface area contributed by atoms with Crippen molar-refractivity contribution in [2.24, 2.45) is 0 Å². The topological polar surface area (TPSA) is 35.1 Å². The molecule has 0 fully saturated rings. The van der Waals surface area contributed by atoms with Crippen LogP contribution in [0.5, 0.6) is 0 Å². The second-order valence-electron chi connectivity index (χ2n) is 15.0. The summed E-state index contributed by atoms with van der Waals surface area (Å²) in [5.41, 5.74) is 13.3. The number of rotatable bonds is 5. The van der Waals surface area contributed by atoms with Crippen molar-refractivity contribution in [3.8, 4) is 50.7 Å². The van der Waals surface area contributed by atoms with Crippen LogP contribution in [-0.4, -0.2) is 18.9 Å². The van der Waals surface area contributed by atoms with E-state index in [4.69, 9.17) is 9.97 Å². The lowest BCUT2D eigenvalue weighted by Gasteiger charge is -2.13. The molecule has 0 amide bonds. The van der Waals surface area contributed by atoms with Gasteiger partial charge >= 0.3 is 0 Å². The lowest BCUT2D eigenvalue weighted by atomic mass is 10.0. The smallest absolute Gasteiger partial charge is 0.162 e. The van der Waals surface area contributed by atoms with E-state index in [0.717, 1.165) is 39.2 Å². The Hall–Kier alpha value is -7.82. The highest BCUT2D eigenvalue weighted by Gasteiger charge is 2.21. The van der Waals surface area contributed by atoms with Gasteiger partial charge in [-0.2, -0.15) is 0 Å². The molecule has 0 atom stereocenters. The summed E-state index contributed by atoms with van der Waals surface area (Å²) in [6.45, 7) is 0. The van der Waals surface area contributed by atoms with Crippen LogP contribution in [0.15, 0.2) is 206 Å². The summed E-state index contributed by atoms with van der Waals surface area (Å²) >= 11 is 0. The fourth-order valence-electron chi connectivity index (χ4n) is 9.01. The molecular formula is C54H34N4. The molecule has 0 radical (unpaired) electrons. The van der Waals surface area contributed by atoms with Gasteiger partial charge in [0, 0.05) is 44.1 Å². The molecule has 4 heterocycles. The average molecular weight is 739 g/mol. The first-order valence-corrected chi connectivity index (χ1v) is 19.7. The van der Waals surface area contributed by atoms with Gasteiger partial charge in [0.05, 0.1) is 33.3 Å². The van der Waals surface area contributed by atoms with Crippen molar-refractivity contribution in [2.75, 3.05) is 0 Å². The molecule has 0 aliphatic carbocycles. The number of nitrogens with zero attached hydrogens (tertiary/aromatic N) is 4. The van der Waals surface area contributed by atoms with Crippen molar-refractivity contribution in [1.29, 1.82) is 0 Å². The van der Waals surface area contributed by atoms with E-state index in [-0.39, 0.29) is 0 Å². The number of hydrogen-bond donors (Lipinski definition) is 0. The predicted molar refractivity (Wildman–Crippen MR) is 242 cm³/mol. The normalized spacial score (nSPS) is 11.8. The molecule has 58 heavy (non-hydrogen) atoms. The van der Waals surface area contributed by atoms with E-state index in [0.29, 0.717) is 5.82 Å². The SMILES string of the molecule is c1ccc(-c2ccc(-c3cc(-n4c5ccccc5c5c4ccc4cc6c7ccccc7c7ccccc7n6c45)nc(-c4ccc(-c5ccccc5)cc4)n3)cc2)cc1. The number of para-hydroxylation sites is 2. The second-order valence-corrected chi connectivity index (χ2v) is 15.0. The lowest BCUT2D eigenvalue weighted by Crippen LogP contribution is -2.02. The van der Waals surface area contributed by atoms with Gasteiger partial charge in [0.1, 0.15) is 5.82 Å². The molecule has 0 aliphatic heterocycles. The van der Waals surface area contributed by atoms with Crippen molar-refractivity contribution < 1.29 is 0 Å². The first kappa shape index (κ1) is 32.4. The Balaban J connectivity index is 1.12. The third kappa shape index (κ3) is 5.02. The molecule has 0 aliphatic rings. The van der Waals surface area contributed by atoms with Crippen LogP contribution in [0.1, 0.15) is 0 Å². The lowest BCUT2D eigenvalue weighted by molar-refractivity contribution is 1.05. The van der Waals surface area contributed by atoms with Gasteiger partial charge in [-0.3, -0.25) is 4.57 Å². The number of aromatic nitrogens is 4. The van der Waals surface area contributed by atoms with Crippen molar-refractivity contribution in [1.82, 2.24) is 18.9 Å². The number of fused-ring (bicyclic) bond motifs is 12. The monoisotopic (exact) mass is 738 g/mol. The fraction of sp³-hybridized carbons (Fsp3) is 0. The quantitative estimate of drug-likeness (QED) is 0.165. The maximum atomic E-state index is 5.41. The Morgan fingerprint density at radius 2 is 0.845 bits per heavy atom. The van der Waals surface area contributed by atoms with Crippen molar-refractivity contribution in [3.63, 3.8) is 0 Å². The largest absolute Gasteiger partial charge is 0.308 e. The van der Waals surface area contributed by atoms with Crippen molar-refractivity contribution in [2.45, 2.75) is 0 Å². The highest BCUT2D eigenvalue weighted by atomic mass is 15.1. The molecule has 0 saturated heterocycles. The molecule has 4 nitrogen and oxygen atoms in total. The highest BCUT2D eigenvalue weighted by Crippen LogP contribution is 2.42. The zero-order chi connectivity index (χ0) is 38.2. The van der Waals surface area contributed by atoms with Gasteiger partial charge < -0.3 is 4.40 Å². The molecule has 12 aromatic rings. The van der Waals surface area contributed by atoms with E-state index < -0.39 is 0 Å². The summed E-state index contributed by atoms with van der Waals surface area (Å²) in [5.74, 6) is 1.50. The van der Waals surface area contributed by atoms with E-state index in [1.54, 1.807) is 0 Å². The summed E-state index contributed by atoms with van der Waals surface area (Å²) in [5, 5.41) is 7.34. The van der Waals surface area contributed by atoms with E-state index in [2.05, 4.69) is 209 Å². The second kappa shape index (κ2) is 12.9. The standard InChI is InChI=1S/C54H34N4/c1-3-13-35(14-4-1)37-23-27-39(28-24-37)46-34-51(56-54(55-46)40-29-25-38(26-30-40)36-15-5-2-6-16-36)57-48-22-12-10-20-45(48)52-49(57)32-31-41-33-50-44-19-8-7-17-42(44)43-18-9-11-21-47(43)58(50)53(41)52/h1-34H. The highest BCUT2D eigenvalue weighted by molar-refractivity contribution is 6.24. The minimum absolute atomic E-state index is 0.678. The zero-order valence-electron chi connectivity index (χ0n) is 31.4. The first-order chi connectivity index (χ1) is 28.8. The molecule has 270 valence electrons. The van der Waals surface area contributed by atoms with Crippen LogP contribution in [0.25, 0.3) is 111 Å². The molecule has 0 N–H and O–H groups in total. The Morgan fingerprint density at radius 1 is 0.328 bits per heavy atom. The minimum Gasteiger partial charge on any atom is -0.308 e. The van der Waals surface area contributed by atoms with E-state index in [1.807, 2.05) is 6.07 Å². The van der Waals surface area contributed by atoms with Crippen LogP contribution in [0.2, 0.25) is 0 Å². The summed E-state index contributed by atoms with van der Waals surface area (Å²) in [6.07, 6.45) is 0. The predicted octanol–water partition coefficient (Wildman–Crippen LogP) is 14.0. The van der Waals surface area contributed by atoms with Gasteiger partial charge in [0.25, 0.3) is 0 Å². The minimum atomic E-state index is 0.678. The summed E-state index contributed by atoms with van der Waals surface area (Å²) in [7, 11) is 0. The average Bonchev–Trinajstić information content (AvgIpc) is 3.86. The Kier molecular flexibility index (Phi) is 7.20. The summed E-state index contributed by atoms with van der Waals surface area (Å²) in [4.78, 5) is 10.7. The molecule has 0 bridgehead atoms. The van der Waals surface area contributed by atoms with Gasteiger partial charge in [-0.15, -0.1) is 0 Å². The van der Waals surface area contributed by atoms with Crippen LogP contribution >= 0.6 is 0 Å². The first-order valence-electron chi connectivity index (χ1n) is 19.7. The molecule has 8 aromatic carbocycles. The molecule has 12 rings (SSSR count). The van der Waals surface area contributed by atoms with Crippen molar-refractivity contribution in [3.05, 3.63) is 206 Å². The zero-order valence-corrected chi connectivity index (χ0v) is 31.4. The summed E-state index contributed by atoms with van der Waals surface area (Å²) in [6, 6.07) is 73.7. The van der Waals surface area contributed by atoms with Crippen LogP contribution in [0, 0.1) is 0 Å². The fourth-order valence-corrected chi connectivity index (χ4v) is 9.01. The van der Waals surface area contributed by atoms with E-state index in [9.17, 15) is 0 Å². The summed E-state index contributed by atoms with van der Waals surface area (Å²) < 4.78 is 4.81. The van der Waals surface area contributed by atoms with Crippen LogP contribution in [-0.2, 0) is 0 Å². The molecule has 0 unspecified atom stereocenters. The van der Waals surface area contributed by atoms with Gasteiger partial charge in [0.15, 0.2) is 5.82 Å². The van der Waals surface area contributed by atoms with Crippen LogP contribution in [0.3, 0.4) is 0 Å². The Labute approximate surface area is 334 Å². The molecule has 0 spiro atoms. The Bertz CT molecular complexity index is 3420. The molecular weight excluding hydrogens is 705 g/mol. The number of pyridine rings is 1. The van der Waals surface area contributed by atoms with Gasteiger partial charge in [-0.25, -0.2) is 9.97 Å². The molecule has 0 saturated carbocycles. The van der Waals surface area contributed by atoms with Gasteiger partial charge in [-0.1, -0.05) is 176 Å². The van der Waals surface area contributed by atoms with E-state index in [1.165, 1.54) is 65.6 Å². The van der Waals surface area contributed by atoms with Gasteiger partial charge in [0.2, 0.25) is 0 Å². The van der Waals surface area contributed by atoms with Crippen molar-refractivity contribution >= 4 is 59.9 Å². The molecule has 4 aromatic heterocycles. The third-order valence-electron chi connectivity index (χ3n) is 11.7.